The van der Waals surface area contributed by atoms with Crippen molar-refractivity contribution in [2.75, 3.05) is 33.4 Å². The fourth-order valence-corrected chi connectivity index (χ4v) is 3.29. The van der Waals surface area contributed by atoms with Crippen LogP contribution in [0.5, 0.6) is 11.5 Å². The molecule has 0 aromatic heterocycles. The van der Waals surface area contributed by atoms with Crippen LogP contribution in [0.25, 0.3) is 0 Å². The molecule has 1 fully saturated rings. The Balaban J connectivity index is 2.00. The summed E-state index contributed by atoms with van der Waals surface area (Å²) < 4.78 is 12.3. The summed E-state index contributed by atoms with van der Waals surface area (Å²) in [6, 6.07) is 4.21. The minimum atomic E-state index is 0.128. The van der Waals surface area contributed by atoms with Gasteiger partial charge in [-0.3, -0.25) is 4.90 Å². The van der Waals surface area contributed by atoms with Crippen LogP contribution in [0, 0.1) is 0 Å². The molecular weight excluding hydrogens is 332 g/mol. The van der Waals surface area contributed by atoms with Crippen molar-refractivity contribution in [1.29, 1.82) is 0 Å². The molecule has 0 aliphatic carbocycles. The number of halogens is 1. The van der Waals surface area contributed by atoms with Crippen LogP contribution in [0.1, 0.15) is 25.3 Å². The van der Waals surface area contributed by atoms with E-state index in [1.54, 1.807) is 7.11 Å². The van der Waals surface area contributed by atoms with Gasteiger partial charge in [0.2, 0.25) is 0 Å². The summed E-state index contributed by atoms with van der Waals surface area (Å²) in [6.07, 6.45) is 3.43. The van der Waals surface area contributed by atoms with Crippen molar-refractivity contribution >= 4 is 15.9 Å². The normalized spacial score (nSPS) is 17.0. The summed E-state index contributed by atoms with van der Waals surface area (Å²) in [6.45, 7) is 6.03. The molecule has 1 aromatic carbocycles. The molecule has 0 spiro atoms. The van der Waals surface area contributed by atoms with E-state index >= 15 is 0 Å². The molecule has 1 unspecified atom stereocenters. The molecular formula is C16H25BrN2O2. The van der Waals surface area contributed by atoms with Gasteiger partial charge in [0.05, 0.1) is 11.6 Å². The van der Waals surface area contributed by atoms with Crippen LogP contribution in [-0.2, 0) is 6.42 Å². The Morgan fingerprint density at radius 2 is 2.05 bits per heavy atom. The maximum absolute atomic E-state index is 5.94. The number of benzene rings is 1. The highest BCUT2D eigenvalue weighted by Crippen LogP contribution is 2.37. The molecule has 1 aliphatic heterocycles. The van der Waals surface area contributed by atoms with E-state index in [4.69, 9.17) is 15.2 Å². The molecule has 0 saturated carbocycles. The van der Waals surface area contributed by atoms with E-state index in [9.17, 15) is 0 Å². The summed E-state index contributed by atoms with van der Waals surface area (Å²) in [5, 5.41) is 0. The molecule has 4 nitrogen and oxygen atoms in total. The molecule has 2 rings (SSSR count). The van der Waals surface area contributed by atoms with Gasteiger partial charge in [0.25, 0.3) is 0 Å². The zero-order valence-corrected chi connectivity index (χ0v) is 14.5. The van der Waals surface area contributed by atoms with E-state index in [1.807, 2.05) is 13.0 Å². The lowest BCUT2D eigenvalue weighted by Crippen LogP contribution is -2.25. The minimum Gasteiger partial charge on any atom is -0.493 e. The standard InChI is InChI=1S/C16H25BrN2O2/c1-12(18)9-13-10-14(17)16(15(11-13)20-2)21-8-7-19-5-3-4-6-19/h10-12H,3-9,18H2,1-2H3. The van der Waals surface area contributed by atoms with Crippen molar-refractivity contribution in [2.45, 2.75) is 32.2 Å². The van der Waals surface area contributed by atoms with E-state index in [2.05, 4.69) is 26.9 Å². The SMILES string of the molecule is COc1cc(CC(C)N)cc(Br)c1OCCN1CCCC1. The number of hydrogen-bond donors (Lipinski definition) is 1. The van der Waals surface area contributed by atoms with E-state index in [1.165, 1.54) is 25.9 Å². The predicted octanol–water partition coefficient (Wildman–Crippen LogP) is 2.82. The molecule has 118 valence electrons. The van der Waals surface area contributed by atoms with Crippen LogP contribution in [0.15, 0.2) is 16.6 Å². The first-order valence-corrected chi connectivity index (χ1v) is 8.36. The van der Waals surface area contributed by atoms with Crippen LogP contribution >= 0.6 is 15.9 Å². The molecule has 1 aliphatic rings. The third kappa shape index (κ3) is 4.87. The first-order valence-electron chi connectivity index (χ1n) is 7.57. The van der Waals surface area contributed by atoms with Crippen LogP contribution in [-0.4, -0.2) is 44.3 Å². The number of likely N-dealkylation sites (tertiary alicyclic amines) is 1. The fourth-order valence-electron chi connectivity index (χ4n) is 2.69. The number of methoxy groups -OCH3 is 1. The quantitative estimate of drug-likeness (QED) is 0.815. The third-order valence-corrected chi connectivity index (χ3v) is 4.29. The van der Waals surface area contributed by atoms with Gasteiger partial charge in [-0.15, -0.1) is 0 Å². The second kappa shape index (κ2) is 8.01. The van der Waals surface area contributed by atoms with Crippen molar-refractivity contribution in [3.8, 4) is 11.5 Å². The number of nitrogens with two attached hydrogens (primary N) is 1. The molecule has 1 aromatic rings. The van der Waals surface area contributed by atoms with Gasteiger partial charge in [-0.1, -0.05) is 0 Å². The second-order valence-corrected chi connectivity index (χ2v) is 6.54. The highest BCUT2D eigenvalue weighted by molar-refractivity contribution is 9.10. The van der Waals surface area contributed by atoms with E-state index in [0.29, 0.717) is 6.61 Å². The first kappa shape index (κ1) is 16.6. The zero-order valence-electron chi connectivity index (χ0n) is 12.9. The fraction of sp³-hybridized carbons (Fsp3) is 0.625. The van der Waals surface area contributed by atoms with Crippen LogP contribution in [0.2, 0.25) is 0 Å². The third-order valence-electron chi connectivity index (χ3n) is 3.70. The Bertz CT molecular complexity index is 460. The van der Waals surface area contributed by atoms with E-state index < -0.39 is 0 Å². The number of rotatable bonds is 7. The maximum atomic E-state index is 5.94. The topological polar surface area (TPSA) is 47.7 Å². The van der Waals surface area contributed by atoms with Gasteiger partial charge in [0, 0.05) is 12.6 Å². The Hall–Kier alpha value is -0.780. The van der Waals surface area contributed by atoms with Crippen LogP contribution < -0.4 is 15.2 Å². The van der Waals surface area contributed by atoms with Crippen molar-refractivity contribution in [2.24, 2.45) is 5.73 Å². The lowest BCUT2D eigenvalue weighted by molar-refractivity contribution is 0.229. The highest BCUT2D eigenvalue weighted by atomic mass is 79.9. The Kier molecular flexibility index (Phi) is 6.33. The second-order valence-electron chi connectivity index (χ2n) is 5.69. The molecule has 1 heterocycles. The number of nitrogens with zero attached hydrogens (tertiary/aromatic N) is 1. The van der Waals surface area contributed by atoms with E-state index in [0.717, 1.165) is 34.5 Å². The summed E-state index contributed by atoms with van der Waals surface area (Å²) in [4.78, 5) is 2.44. The van der Waals surface area contributed by atoms with Gasteiger partial charge in [0.1, 0.15) is 6.61 Å². The number of hydrogen-bond acceptors (Lipinski definition) is 4. The van der Waals surface area contributed by atoms with Crippen molar-refractivity contribution < 1.29 is 9.47 Å². The lowest BCUT2D eigenvalue weighted by atomic mass is 10.1. The first-order chi connectivity index (χ1) is 10.1. The van der Waals surface area contributed by atoms with Crippen LogP contribution in [0.3, 0.4) is 0 Å². The zero-order chi connectivity index (χ0) is 15.2. The molecule has 0 amide bonds. The van der Waals surface area contributed by atoms with Gasteiger partial charge < -0.3 is 15.2 Å². The monoisotopic (exact) mass is 356 g/mol. The molecule has 2 N–H and O–H groups in total. The molecule has 1 saturated heterocycles. The van der Waals surface area contributed by atoms with Gasteiger partial charge in [0.15, 0.2) is 11.5 Å². The molecule has 21 heavy (non-hydrogen) atoms. The molecule has 5 heteroatoms. The summed E-state index contributed by atoms with van der Waals surface area (Å²) >= 11 is 3.58. The van der Waals surface area contributed by atoms with Gasteiger partial charge in [-0.2, -0.15) is 0 Å². The van der Waals surface area contributed by atoms with Crippen LogP contribution in [0.4, 0.5) is 0 Å². The molecule has 1 atom stereocenters. The summed E-state index contributed by atoms with van der Waals surface area (Å²) in [7, 11) is 1.67. The van der Waals surface area contributed by atoms with Gasteiger partial charge in [-0.05, 0) is 72.9 Å². The number of ether oxygens (including phenoxy) is 2. The van der Waals surface area contributed by atoms with Gasteiger partial charge in [-0.25, -0.2) is 0 Å². The highest BCUT2D eigenvalue weighted by Gasteiger charge is 2.15. The Morgan fingerprint density at radius 3 is 2.67 bits per heavy atom. The lowest BCUT2D eigenvalue weighted by Gasteiger charge is -2.18. The molecule has 0 radical (unpaired) electrons. The Morgan fingerprint density at radius 1 is 1.33 bits per heavy atom. The van der Waals surface area contributed by atoms with Crippen molar-refractivity contribution in [1.82, 2.24) is 4.90 Å². The minimum absolute atomic E-state index is 0.128. The largest absolute Gasteiger partial charge is 0.493 e. The smallest absolute Gasteiger partial charge is 0.175 e. The predicted molar refractivity (Wildman–Crippen MR) is 89.2 cm³/mol. The summed E-state index contributed by atoms with van der Waals surface area (Å²) in [5.41, 5.74) is 7.01. The van der Waals surface area contributed by atoms with Gasteiger partial charge >= 0.3 is 0 Å². The van der Waals surface area contributed by atoms with Crippen molar-refractivity contribution in [3.63, 3.8) is 0 Å². The average Bonchev–Trinajstić information content (AvgIpc) is 2.93. The maximum Gasteiger partial charge on any atom is 0.175 e. The summed E-state index contributed by atoms with van der Waals surface area (Å²) in [5.74, 6) is 1.55. The average molecular weight is 357 g/mol. The van der Waals surface area contributed by atoms with Crippen molar-refractivity contribution in [3.05, 3.63) is 22.2 Å². The Labute approximate surface area is 135 Å². The molecule has 0 bridgehead atoms. The van der Waals surface area contributed by atoms with E-state index in [-0.39, 0.29) is 6.04 Å².